The molecule has 118 valence electrons. The Morgan fingerprint density at radius 1 is 1.15 bits per heavy atom. The van der Waals surface area contributed by atoms with Gasteiger partial charge in [0.1, 0.15) is 0 Å². The fraction of sp³-hybridized carbons (Fsp3) is 0.778. The van der Waals surface area contributed by atoms with Crippen LogP contribution in [0.25, 0.3) is 0 Å². The van der Waals surface area contributed by atoms with Crippen molar-refractivity contribution in [2.45, 2.75) is 43.3 Å². The zero-order chi connectivity index (χ0) is 16.2. The number of carboxylic acids is 1. The molecule has 1 atom stereocenters. The van der Waals surface area contributed by atoms with E-state index in [1.165, 1.54) is 0 Å². The van der Waals surface area contributed by atoms with Gasteiger partial charge in [-0.05, 0) is 6.42 Å². The van der Waals surface area contributed by atoms with E-state index in [0.717, 1.165) is 0 Å². The average molecular weight is 313 g/mol. The highest BCUT2D eigenvalue weighted by Crippen LogP contribution is 2.48. The highest BCUT2D eigenvalue weighted by atomic mass is 19.4. The highest BCUT2D eigenvalue weighted by molar-refractivity contribution is 5.66. The quantitative estimate of drug-likeness (QED) is 0.533. The summed E-state index contributed by atoms with van der Waals surface area (Å²) < 4.78 is 86.8. The van der Waals surface area contributed by atoms with Gasteiger partial charge in [-0.1, -0.05) is 0 Å². The summed E-state index contributed by atoms with van der Waals surface area (Å²) in [7, 11) is 0. The van der Waals surface area contributed by atoms with Gasteiger partial charge < -0.3 is 10.4 Å². The van der Waals surface area contributed by atoms with Crippen LogP contribution in [0.15, 0.2) is 0 Å². The number of rotatable bonds is 8. The molecule has 0 aromatic heterocycles. The number of hydrogen-bond donors (Lipinski definition) is 2. The van der Waals surface area contributed by atoms with Gasteiger partial charge in [0.15, 0.2) is 0 Å². The second-order valence-electron chi connectivity index (χ2n) is 3.89. The summed E-state index contributed by atoms with van der Waals surface area (Å²) in [6, 6.07) is -1.83. The minimum atomic E-state index is -6.46. The van der Waals surface area contributed by atoms with Gasteiger partial charge in [0.25, 0.3) is 0 Å². The topological polar surface area (TPSA) is 66.4 Å². The maximum Gasteiger partial charge on any atom is 0.459 e. The van der Waals surface area contributed by atoms with Crippen LogP contribution in [-0.4, -0.2) is 41.5 Å². The van der Waals surface area contributed by atoms with Crippen molar-refractivity contribution in [3.8, 4) is 0 Å². The largest absolute Gasteiger partial charge is 0.481 e. The van der Waals surface area contributed by atoms with Crippen LogP contribution < -0.4 is 5.32 Å². The molecule has 4 nitrogen and oxygen atoms in total. The predicted octanol–water partition coefficient (Wildman–Crippen LogP) is 2.19. The monoisotopic (exact) mass is 313 g/mol. The summed E-state index contributed by atoms with van der Waals surface area (Å²) in [6.07, 6.45) is -10.2. The molecular formula is C9H10F7NO3. The highest BCUT2D eigenvalue weighted by Gasteiger charge is 2.72. The Morgan fingerprint density at radius 2 is 1.65 bits per heavy atom. The molecule has 0 rings (SSSR count). The SMILES string of the molecule is O=CNC(CCC(=O)O)CC(F)(F)C(F)(F)C(F)(F)F. The van der Waals surface area contributed by atoms with E-state index in [0.29, 0.717) is 0 Å². The number of alkyl halides is 7. The molecule has 0 fully saturated rings. The van der Waals surface area contributed by atoms with Gasteiger partial charge in [0.05, 0.1) is 0 Å². The van der Waals surface area contributed by atoms with Crippen LogP contribution in [0.1, 0.15) is 19.3 Å². The molecular weight excluding hydrogens is 303 g/mol. The van der Waals surface area contributed by atoms with Crippen molar-refractivity contribution in [1.29, 1.82) is 0 Å². The maximum atomic E-state index is 13.0. The first kappa shape index (κ1) is 18.4. The molecule has 1 unspecified atom stereocenters. The Kier molecular flexibility index (Phi) is 5.78. The van der Waals surface area contributed by atoms with Crippen molar-refractivity contribution < 1.29 is 45.4 Å². The molecule has 1 amide bonds. The summed E-state index contributed by atoms with van der Waals surface area (Å²) in [6.45, 7) is 0. The van der Waals surface area contributed by atoms with Crippen molar-refractivity contribution in [2.24, 2.45) is 0 Å². The Morgan fingerprint density at radius 3 is 2.00 bits per heavy atom. The van der Waals surface area contributed by atoms with Gasteiger partial charge in [-0.3, -0.25) is 9.59 Å². The molecule has 0 heterocycles. The number of carboxylic acid groups (broad SMARTS) is 1. The zero-order valence-corrected chi connectivity index (χ0v) is 9.69. The zero-order valence-electron chi connectivity index (χ0n) is 9.69. The molecule has 0 spiro atoms. The van der Waals surface area contributed by atoms with Crippen molar-refractivity contribution in [1.82, 2.24) is 5.32 Å². The molecule has 0 aliphatic carbocycles. The second-order valence-corrected chi connectivity index (χ2v) is 3.89. The van der Waals surface area contributed by atoms with Crippen molar-refractivity contribution in [2.75, 3.05) is 0 Å². The Bertz CT molecular complexity index is 356. The van der Waals surface area contributed by atoms with Gasteiger partial charge in [-0.25, -0.2) is 0 Å². The van der Waals surface area contributed by atoms with Gasteiger partial charge in [0, 0.05) is 18.9 Å². The summed E-state index contributed by atoms with van der Waals surface area (Å²) in [5.74, 6) is -13.2. The molecule has 0 aromatic rings. The third-order valence-corrected chi connectivity index (χ3v) is 2.33. The third-order valence-electron chi connectivity index (χ3n) is 2.33. The first-order chi connectivity index (χ1) is 8.85. The summed E-state index contributed by atoms with van der Waals surface area (Å²) in [5, 5.41) is 9.88. The average Bonchev–Trinajstić information content (AvgIpc) is 2.24. The molecule has 0 aliphatic heterocycles. The number of carbonyl (C=O) groups excluding carboxylic acids is 1. The summed E-state index contributed by atoms with van der Waals surface area (Å²) in [5.41, 5.74) is 0. The molecule has 0 saturated heterocycles. The van der Waals surface area contributed by atoms with Crippen LogP contribution in [0, 0.1) is 0 Å². The van der Waals surface area contributed by atoms with Gasteiger partial charge >= 0.3 is 24.0 Å². The van der Waals surface area contributed by atoms with Crippen molar-refractivity contribution >= 4 is 12.4 Å². The predicted molar refractivity (Wildman–Crippen MR) is 50.4 cm³/mol. The van der Waals surface area contributed by atoms with Crippen molar-refractivity contribution in [3.63, 3.8) is 0 Å². The lowest BCUT2D eigenvalue weighted by atomic mass is 9.99. The van der Waals surface area contributed by atoms with Crippen LogP contribution in [0.4, 0.5) is 30.7 Å². The molecule has 2 N–H and O–H groups in total. The van der Waals surface area contributed by atoms with E-state index >= 15 is 0 Å². The molecule has 20 heavy (non-hydrogen) atoms. The maximum absolute atomic E-state index is 13.0. The standard InChI is InChI=1S/C9H10F7NO3/c10-7(11,8(12,13)9(14,15)16)3-5(17-4-18)1-2-6(19)20/h4-5H,1-3H2,(H,17,18)(H,19,20). The van der Waals surface area contributed by atoms with E-state index in [-0.39, 0.29) is 6.41 Å². The number of hydrogen-bond acceptors (Lipinski definition) is 2. The van der Waals surface area contributed by atoms with Crippen LogP contribution in [0.5, 0.6) is 0 Å². The lowest BCUT2D eigenvalue weighted by molar-refractivity contribution is -0.356. The first-order valence-electron chi connectivity index (χ1n) is 5.09. The van der Waals surface area contributed by atoms with E-state index in [4.69, 9.17) is 5.11 Å². The van der Waals surface area contributed by atoms with Crippen LogP contribution in [0.3, 0.4) is 0 Å². The normalized spacial score (nSPS) is 14.8. The molecule has 0 aromatic carbocycles. The van der Waals surface area contributed by atoms with Gasteiger partial charge in [-0.15, -0.1) is 0 Å². The van der Waals surface area contributed by atoms with E-state index in [1.54, 1.807) is 5.32 Å². The van der Waals surface area contributed by atoms with E-state index in [2.05, 4.69) is 0 Å². The number of carbonyl (C=O) groups is 2. The Hall–Kier alpha value is -1.55. The minimum Gasteiger partial charge on any atom is -0.481 e. The summed E-state index contributed by atoms with van der Waals surface area (Å²) >= 11 is 0. The van der Waals surface area contributed by atoms with E-state index < -0.39 is 49.3 Å². The molecule has 0 bridgehead atoms. The van der Waals surface area contributed by atoms with E-state index in [9.17, 15) is 40.3 Å². The van der Waals surface area contributed by atoms with Gasteiger partial charge in [0.2, 0.25) is 6.41 Å². The molecule has 0 radical (unpaired) electrons. The minimum absolute atomic E-state index is 0.186. The number of nitrogens with one attached hydrogen (secondary N) is 1. The van der Waals surface area contributed by atoms with Crippen LogP contribution >= 0.6 is 0 Å². The second kappa shape index (κ2) is 6.27. The number of halogens is 7. The Balaban J connectivity index is 4.99. The number of aliphatic carboxylic acids is 1. The molecule has 0 aliphatic rings. The lowest BCUT2D eigenvalue weighted by Gasteiger charge is -2.30. The van der Waals surface area contributed by atoms with Crippen LogP contribution in [0.2, 0.25) is 0 Å². The smallest absolute Gasteiger partial charge is 0.459 e. The van der Waals surface area contributed by atoms with Gasteiger partial charge in [-0.2, -0.15) is 30.7 Å². The molecule has 11 heteroatoms. The van der Waals surface area contributed by atoms with E-state index in [1.807, 2.05) is 0 Å². The Labute approximate surface area is 107 Å². The van der Waals surface area contributed by atoms with Crippen molar-refractivity contribution in [3.05, 3.63) is 0 Å². The van der Waals surface area contributed by atoms with Crippen LogP contribution in [-0.2, 0) is 9.59 Å². The first-order valence-corrected chi connectivity index (χ1v) is 5.09. The third kappa shape index (κ3) is 4.53. The number of amides is 1. The lowest BCUT2D eigenvalue weighted by Crippen LogP contribution is -2.54. The summed E-state index contributed by atoms with van der Waals surface area (Å²) in [4.78, 5) is 20.3. The fourth-order valence-electron chi connectivity index (χ4n) is 1.28. The fourth-order valence-corrected chi connectivity index (χ4v) is 1.28. The molecule has 0 saturated carbocycles.